The molecule has 4 rings (SSSR count). The quantitative estimate of drug-likeness (QED) is 0.467. The molecule has 2 heterocycles. The van der Waals surface area contributed by atoms with E-state index < -0.39 is 23.7 Å². The van der Waals surface area contributed by atoms with Gasteiger partial charge < -0.3 is 20.9 Å². The van der Waals surface area contributed by atoms with Crippen LogP contribution in [0.2, 0.25) is 0 Å². The number of rotatable bonds is 5. The topological polar surface area (TPSA) is 99.2 Å². The van der Waals surface area contributed by atoms with Gasteiger partial charge in [-0.15, -0.1) is 0 Å². The number of carbonyl (C=O) groups is 2. The fourth-order valence-electron chi connectivity index (χ4n) is 3.95. The highest BCUT2D eigenvalue weighted by molar-refractivity contribution is 6.05. The largest absolute Gasteiger partial charge is 0.416 e. The van der Waals surface area contributed by atoms with E-state index in [0.717, 1.165) is 37.1 Å². The number of aryl methyl sites for hydroxylation is 1. The van der Waals surface area contributed by atoms with Crippen LogP contribution in [0.5, 0.6) is 0 Å². The number of hydrogen-bond donors (Lipinski definition) is 3. The van der Waals surface area contributed by atoms with Gasteiger partial charge in [0.1, 0.15) is 0 Å². The summed E-state index contributed by atoms with van der Waals surface area (Å²) in [6.45, 7) is 3.17. The third-order valence-electron chi connectivity index (χ3n) is 5.79. The Bertz CT molecular complexity index is 1240. The fourth-order valence-corrected chi connectivity index (χ4v) is 3.95. The monoisotopic (exact) mass is 498 g/mol. The third-order valence-corrected chi connectivity index (χ3v) is 5.79. The van der Waals surface area contributed by atoms with Crippen molar-refractivity contribution in [3.8, 4) is 0 Å². The molecular formula is C25H25F3N6O2. The molecule has 1 fully saturated rings. The Labute approximate surface area is 205 Å². The molecule has 8 nitrogen and oxygen atoms in total. The lowest BCUT2D eigenvalue weighted by molar-refractivity contribution is -0.137. The second-order valence-electron chi connectivity index (χ2n) is 8.49. The lowest BCUT2D eigenvalue weighted by Gasteiger charge is -2.33. The van der Waals surface area contributed by atoms with Gasteiger partial charge in [-0.05, 0) is 61.7 Å². The van der Waals surface area contributed by atoms with Crippen molar-refractivity contribution in [3.63, 3.8) is 0 Å². The second-order valence-corrected chi connectivity index (χ2v) is 8.49. The molecule has 1 unspecified atom stereocenters. The Hall–Kier alpha value is -4.15. The summed E-state index contributed by atoms with van der Waals surface area (Å²) in [5.74, 6) is -0.0738. The van der Waals surface area contributed by atoms with Crippen molar-refractivity contribution < 1.29 is 22.8 Å². The third kappa shape index (κ3) is 6.29. The van der Waals surface area contributed by atoms with Gasteiger partial charge in [-0.1, -0.05) is 12.1 Å². The summed E-state index contributed by atoms with van der Waals surface area (Å²) in [5, 5.41) is 8.34. The number of nitrogens with zero attached hydrogens (tertiary/aromatic N) is 3. The van der Waals surface area contributed by atoms with Crippen LogP contribution in [0.1, 0.15) is 34.3 Å². The van der Waals surface area contributed by atoms with E-state index in [1.807, 2.05) is 4.90 Å². The number of urea groups is 1. The van der Waals surface area contributed by atoms with Crippen LogP contribution in [-0.4, -0.2) is 41.0 Å². The van der Waals surface area contributed by atoms with Gasteiger partial charge in [-0.3, -0.25) is 4.79 Å². The molecule has 11 heteroatoms. The molecule has 0 bridgehead atoms. The van der Waals surface area contributed by atoms with Gasteiger partial charge in [-0.2, -0.15) is 13.2 Å². The van der Waals surface area contributed by atoms with Crippen molar-refractivity contribution in [2.75, 3.05) is 28.6 Å². The molecule has 1 aromatic heterocycles. The number of piperidine rings is 1. The number of anilines is 3. The minimum atomic E-state index is -4.55. The first-order chi connectivity index (χ1) is 17.2. The zero-order chi connectivity index (χ0) is 25.7. The summed E-state index contributed by atoms with van der Waals surface area (Å²) in [6, 6.07) is 10.3. The number of halogens is 3. The summed E-state index contributed by atoms with van der Waals surface area (Å²) >= 11 is 0. The molecule has 1 saturated heterocycles. The van der Waals surface area contributed by atoms with E-state index in [0.29, 0.717) is 23.9 Å². The van der Waals surface area contributed by atoms with Crippen molar-refractivity contribution in [1.82, 2.24) is 15.3 Å². The van der Waals surface area contributed by atoms with E-state index in [-0.39, 0.29) is 11.6 Å². The maximum Gasteiger partial charge on any atom is 0.416 e. The molecule has 3 aromatic rings. The van der Waals surface area contributed by atoms with Gasteiger partial charge in [-0.25, -0.2) is 14.8 Å². The number of carbonyl (C=O) groups excluding carboxylic acids is 2. The predicted octanol–water partition coefficient (Wildman–Crippen LogP) is 4.85. The molecule has 0 saturated carbocycles. The molecule has 3 N–H and O–H groups in total. The summed E-state index contributed by atoms with van der Waals surface area (Å²) in [4.78, 5) is 35.8. The molecule has 1 atom stereocenters. The molecule has 0 aliphatic carbocycles. The molecule has 2 aromatic carbocycles. The Kier molecular flexibility index (Phi) is 7.37. The van der Waals surface area contributed by atoms with Gasteiger partial charge in [0.2, 0.25) is 5.95 Å². The van der Waals surface area contributed by atoms with E-state index in [9.17, 15) is 22.8 Å². The Morgan fingerprint density at radius 1 is 1.03 bits per heavy atom. The van der Waals surface area contributed by atoms with Gasteiger partial charge in [0.25, 0.3) is 5.91 Å². The Morgan fingerprint density at radius 2 is 1.81 bits per heavy atom. The van der Waals surface area contributed by atoms with Crippen molar-refractivity contribution in [1.29, 1.82) is 0 Å². The molecule has 36 heavy (non-hydrogen) atoms. The number of nitrogens with one attached hydrogen (secondary N) is 3. The minimum absolute atomic E-state index is 0.105. The molecule has 3 amide bonds. The molecule has 0 radical (unpaired) electrons. The van der Waals surface area contributed by atoms with Crippen LogP contribution in [0.15, 0.2) is 60.9 Å². The highest BCUT2D eigenvalue weighted by Gasteiger charge is 2.31. The van der Waals surface area contributed by atoms with Crippen LogP contribution in [-0.2, 0) is 6.18 Å². The number of hydrogen-bond acceptors (Lipinski definition) is 5. The van der Waals surface area contributed by atoms with Crippen LogP contribution in [0.4, 0.5) is 35.3 Å². The molecule has 1 aliphatic rings. The van der Waals surface area contributed by atoms with E-state index in [2.05, 4.69) is 25.9 Å². The summed E-state index contributed by atoms with van der Waals surface area (Å²) in [6.07, 6.45) is 0.484. The number of amides is 3. The van der Waals surface area contributed by atoms with Gasteiger partial charge in [0, 0.05) is 48.5 Å². The predicted molar refractivity (Wildman–Crippen MR) is 130 cm³/mol. The highest BCUT2D eigenvalue weighted by Crippen LogP contribution is 2.30. The number of alkyl halides is 3. The average molecular weight is 499 g/mol. The Morgan fingerprint density at radius 3 is 2.56 bits per heavy atom. The second kappa shape index (κ2) is 10.6. The average Bonchev–Trinajstić information content (AvgIpc) is 2.86. The van der Waals surface area contributed by atoms with Crippen molar-refractivity contribution in [2.24, 2.45) is 0 Å². The lowest BCUT2D eigenvalue weighted by Crippen LogP contribution is -2.49. The zero-order valence-corrected chi connectivity index (χ0v) is 19.5. The first-order valence-corrected chi connectivity index (χ1v) is 11.4. The fraction of sp³-hybridized carbons (Fsp3) is 0.280. The zero-order valence-electron chi connectivity index (χ0n) is 19.5. The minimum Gasteiger partial charge on any atom is -0.339 e. The molecule has 0 spiro atoms. The van der Waals surface area contributed by atoms with Crippen LogP contribution >= 0.6 is 0 Å². The first-order valence-electron chi connectivity index (χ1n) is 11.4. The number of aromatic nitrogens is 2. The van der Waals surface area contributed by atoms with Crippen molar-refractivity contribution in [3.05, 3.63) is 77.6 Å². The van der Waals surface area contributed by atoms with Crippen LogP contribution < -0.4 is 20.9 Å². The van der Waals surface area contributed by atoms with Crippen LogP contribution in [0.25, 0.3) is 0 Å². The van der Waals surface area contributed by atoms with Gasteiger partial charge in [0.05, 0.1) is 5.56 Å². The standard InChI is InChI=1S/C25H25F3N6O2/c1-16-8-9-19(31-22(35)17-5-2-6-18(13-17)25(26,27)28)14-21(16)33-24(36)32-20-7-3-12-34(15-20)23-29-10-4-11-30-23/h2,4-6,8-11,13-14,20H,3,7,12,15H2,1H3,(H,31,35)(H2,32,33,36). The SMILES string of the molecule is Cc1ccc(NC(=O)c2cccc(C(F)(F)F)c2)cc1NC(=O)NC1CCCN(c2ncccn2)C1. The molecule has 188 valence electrons. The van der Waals surface area contributed by atoms with E-state index in [1.54, 1.807) is 43.6 Å². The van der Waals surface area contributed by atoms with Crippen LogP contribution in [0, 0.1) is 6.92 Å². The smallest absolute Gasteiger partial charge is 0.339 e. The maximum atomic E-state index is 13.0. The number of benzene rings is 2. The molecule has 1 aliphatic heterocycles. The summed E-state index contributed by atoms with van der Waals surface area (Å²) < 4.78 is 38.9. The van der Waals surface area contributed by atoms with E-state index >= 15 is 0 Å². The van der Waals surface area contributed by atoms with Crippen molar-refractivity contribution in [2.45, 2.75) is 32.0 Å². The van der Waals surface area contributed by atoms with Gasteiger partial charge >= 0.3 is 12.2 Å². The first kappa shape index (κ1) is 25.0. The van der Waals surface area contributed by atoms with Crippen LogP contribution in [0.3, 0.4) is 0 Å². The van der Waals surface area contributed by atoms with Gasteiger partial charge in [0.15, 0.2) is 0 Å². The Balaban J connectivity index is 1.38. The molecular weight excluding hydrogens is 473 g/mol. The summed E-state index contributed by atoms with van der Waals surface area (Å²) in [5.41, 5.74) is 0.530. The lowest BCUT2D eigenvalue weighted by atomic mass is 10.1. The van der Waals surface area contributed by atoms with E-state index in [1.165, 1.54) is 12.1 Å². The maximum absolute atomic E-state index is 13.0. The summed E-state index contributed by atoms with van der Waals surface area (Å²) in [7, 11) is 0. The van der Waals surface area contributed by atoms with Crippen molar-refractivity contribution >= 4 is 29.3 Å². The van der Waals surface area contributed by atoms with E-state index in [4.69, 9.17) is 0 Å². The highest BCUT2D eigenvalue weighted by atomic mass is 19.4. The normalized spacial score (nSPS) is 15.8.